The first-order valence-corrected chi connectivity index (χ1v) is 7.48. The second-order valence-corrected chi connectivity index (χ2v) is 5.78. The Bertz CT molecular complexity index is 930. The summed E-state index contributed by atoms with van der Waals surface area (Å²) in [6, 6.07) is 6.01. The van der Waals surface area contributed by atoms with Gasteiger partial charge in [0, 0.05) is 17.1 Å². The molecule has 2 aromatic heterocycles. The number of halogens is 2. The van der Waals surface area contributed by atoms with Crippen LogP contribution in [0.15, 0.2) is 45.4 Å². The van der Waals surface area contributed by atoms with Gasteiger partial charge in [-0.2, -0.15) is 0 Å². The fourth-order valence-corrected chi connectivity index (χ4v) is 2.86. The van der Waals surface area contributed by atoms with Crippen LogP contribution in [0.1, 0.15) is 5.69 Å². The lowest BCUT2D eigenvalue weighted by Crippen LogP contribution is -2.30. The molecule has 0 saturated carbocycles. The van der Waals surface area contributed by atoms with E-state index in [1.54, 1.807) is 17.5 Å². The van der Waals surface area contributed by atoms with Gasteiger partial charge in [-0.05, 0) is 24.3 Å². The highest BCUT2D eigenvalue weighted by Crippen LogP contribution is 2.24. The predicted octanol–water partition coefficient (Wildman–Crippen LogP) is 2.50. The second-order valence-electron chi connectivity index (χ2n) is 4.52. The first-order valence-electron chi connectivity index (χ1n) is 6.22. The van der Waals surface area contributed by atoms with Gasteiger partial charge in [0.25, 0.3) is 5.56 Å². The van der Waals surface area contributed by atoms with Crippen molar-refractivity contribution in [3.63, 3.8) is 0 Å². The fourth-order valence-electron chi connectivity index (χ4n) is 1.88. The van der Waals surface area contributed by atoms with Crippen LogP contribution in [0.5, 0.6) is 0 Å². The van der Waals surface area contributed by atoms with E-state index in [0.717, 1.165) is 10.6 Å². The minimum absolute atomic E-state index is 0.0615. The topological polar surface area (TPSA) is 67.8 Å². The molecule has 0 saturated heterocycles. The number of aromatic amines is 1. The van der Waals surface area contributed by atoms with Gasteiger partial charge in [0.1, 0.15) is 15.8 Å². The second kappa shape index (κ2) is 5.86. The number of nitrogens with one attached hydrogen (secondary N) is 1. The van der Waals surface area contributed by atoms with E-state index in [-0.39, 0.29) is 17.4 Å². The number of H-pyrrole nitrogens is 1. The smallest absolute Gasteiger partial charge is 0.293 e. The Morgan fingerprint density at radius 3 is 2.73 bits per heavy atom. The summed E-state index contributed by atoms with van der Waals surface area (Å²) >= 11 is 7.10. The van der Waals surface area contributed by atoms with Crippen LogP contribution in [-0.4, -0.2) is 14.5 Å². The van der Waals surface area contributed by atoms with Gasteiger partial charge in [0.15, 0.2) is 0 Å². The molecule has 0 atom stereocenters. The quantitative estimate of drug-likeness (QED) is 0.798. The van der Waals surface area contributed by atoms with Crippen molar-refractivity contribution in [3.8, 4) is 10.6 Å². The molecule has 0 aliphatic heterocycles. The largest absolute Gasteiger partial charge is 0.328 e. The van der Waals surface area contributed by atoms with Gasteiger partial charge in [0.2, 0.25) is 0 Å². The lowest BCUT2D eigenvalue weighted by molar-refractivity contribution is 0.628. The number of nitrogens with zero attached hydrogens (tertiary/aromatic N) is 2. The first kappa shape index (κ1) is 14.7. The molecule has 8 heteroatoms. The Labute approximate surface area is 132 Å². The van der Waals surface area contributed by atoms with Crippen molar-refractivity contribution in [2.75, 3.05) is 0 Å². The summed E-state index contributed by atoms with van der Waals surface area (Å²) in [6.07, 6.45) is 1.28. The Hall–Kier alpha value is -2.25. The third kappa shape index (κ3) is 3.00. The van der Waals surface area contributed by atoms with Crippen molar-refractivity contribution in [1.82, 2.24) is 14.5 Å². The van der Waals surface area contributed by atoms with Crippen LogP contribution >= 0.6 is 22.9 Å². The van der Waals surface area contributed by atoms with Crippen LogP contribution in [0.25, 0.3) is 10.6 Å². The van der Waals surface area contributed by atoms with Crippen LogP contribution in [0.4, 0.5) is 4.39 Å². The van der Waals surface area contributed by atoms with E-state index in [1.165, 1.54) is 34.2 Å². The molecule has 0 spiro atoms. The maximum absolute atomic E-state index is 12.9. The molecule has 22 heavy (non-hydrogen) atoms. The molecule has 3 aromatic rings. The van der Waals surface area contributed by atoms with Gasteiger partial charge in [-0.15, -0.1) is 11.3 Å². The summed E-state index contributed by atoms with van der Waals surface area (Å²) in [4.78, 5) is 29.4. The third-order valence-electron chi connectivity index (χ3n) is 2.94. The first-order chi connectivity index (χ1) is 10.5. The fraction of sp³-hybridized carbons (Fsp3) is 0.0714. The van der Waals surface area contributed by atoms with Crippen molar-refractivity contribution in [1.29, 1.82) is 0 Å². The molecule has 0 fully saturated rings. The molecule has 0 radical (unpaired) electrons. The van der Waals surface area contributed by atoms with E-state index in [0.29, 0.717) is 5.69 Å². The number of hydrogen-bond donors (Lipinski definition) is 1. The zero-order chi connectivity index (χ0) is 15.7. The van der Waals surface area contributed by atoms with Gasteiger partial charge >= 0.3 is 5.69 Å². The average Bonchev–Trinajstić information content (AvgIpc) is 2.94. The molecule has 0 aliphatic carbocycles. The van der Waals surface area contributed by atoms with Gasteiger partial charge in [0.05, 0.1) is 12.2 Å². The monoisotopic (exact) mass is 337 g/mol. The van der Waals surface area contributed by atoms with E-state index in [9.17, 15) is 14.0 Å². The Kier molecular flexibility index (Phi) is 3.91. The highest BCUT2D eigenvalue weighted by molar-refractivity contribution is 7.13. The Morgan fingerprint density at radius 2 is 2.00 bits per heavy atom. The molecule has 2 heterocycles. The summed E-state index contributed by atoms with van der Waals surface area (Å²) in [7, 11) is 0. The maximum atomic E-state index is 12.9. The number of rotatable bonds is 3. The zero-order valence-electron chi connectivity index (χ0n) is 11.0. The molecule has 1 N–H and O–H groups in total. The minimum atomic E-state index is -0.617. The summed E-state index contributed by atoms with van der Waals surface area (Å²) in [5, 5.41) is 2.46. The molecule has 112 valence electrons. The van der Waals surface area contributed by atoms with Crippen molar-refractivity contribution >= 4 is 22.9 Å². The van der Waals surface area contributed by atoms with Crippen molar-refractivity contribution < 1.29 is 4.39 Å². The number of benzene rings is 1. The van der Waals surface area contributed by atoms with Crippen LogP contribution in [0, 0.1) is 5.82 Å². The third-order valence-corrected chi connectivity index (χ3v) is 4.15. The highest BCUT2D eigenvalue weighted by Gasteiger charge is 2.08. The minimum Gasteiger partial charge on any atom is -0.293 e. The number of thiazole rings is 1. The molecule has 1 aromatic carbocycles. The SMILES string of the molecule is O=c1[nH]c(=O)n(Cc2csc(-c3ccc(F)cc3)n2)cc1Cl. The number of aromatic nitrogens is 3. The molecule has 5 nitrogen and oxygen atoms in total. The summed E-state index contributed by atoms with van der Waals surface area (Å²) < 4.78 is 14.2. The van der Waals surface area contributed by atoms with Crippen LogP contribution in [0.3, 0.4) is 0 Å². The van der Waals surface area contributed by atoms with E-state index in [2.05, 4.69) is 9.97 Å². The van der Waals surface area contributed by atoms with Crippen LogP contribution < -0.4 is 11.2 Å². The molecule has 0 unspecified atom stereocenters. The van der Waals surface area contributed by atoms with E-state index in [1.807, 2.05) is 0 Å². The van der Waals surface area contributed by atoms with Gasteiger partial charge in [-0.1, -0.05) is 11.6 Å². The molecule has 0 aliphatic rings. The van der Waals surface area contributed by atoms with E-state index in [4.69, 9.17) is 11.6 Å². The Balaban J connectivity index is 1.89. The summed E-state index contributed by atoms with van der Waals surface area (Å²) in [5.74, 6) is -0.310. The predicted molar refractivity (Wildman–Crippen MR) is 82.9 cm³/mol. The lowest BCUT2D eigenvalue weighted by Gasteiger charge is -2.02. The summed E-state index contributed by atoms with van der Waals surface area (Å²) in [5.41, 5.74) is 0.276. The van der Waals surface area contributed by atoms with Gasteiger partial charge < -0.3 is 0 Å². The maximum Gasteiger partial charge on any atom is 0.328 e. The van der Waals surface area contributed by atoms with Crippen LogP contribution in [-0.2, 0) is 6.54 Å². The van der Waals surface area contributed by atoms with E-state index < -0.39 is 11.2 Å². The Morgan fingerprint density at radius 1 is 1.27 bits per heavy atom. The van der Waals surface area contributed by atoms with Crippen LogP contribution in [0.2, 0.25) is 5.02 Å². The number of hydrogen-bond acceptors (Lipinski definition) is 4. The molecule has 3 rings (SSSR count). The average molecular weight is 338 g/mol. The summed E-state index contributed by atoms with van der Waals surface area (Å²) in [6.45, 7) is 0.188. The normalized spacial score (nSPS) is 10.8. The van der Waals surface area contributed by atoms with Gasteiger partial charge in [-0.3, -0.25) is 14.3 Å². The zero-order valence-corrected chi connectivity index (χ0v) is 12.6. The lowest BCUT2D eigenvalue weighted by atomic mass is 10.2. The molecular weight excluding hydrogens is 329 g/mol. The van der Waals surface area contributed by atoms with E-state index >= 15 is 0 Å². The standard InChI is InChI=1S/C14H9ClFN3O2S/c15-11-6-19(14(21)18-12(11)20)5-10-7-22-13(17-10)8-1-3-9(16)4-2-8/h1-4,6-7H,5H2,(H,18,20,21). The molecule has 0 bridgehead atoms. The highest BCUT2D eigenvalue weighted by atomic mass is 35.5. The van der Waals surface area contributed by atoms with Crippen molar-refractivity contribution in [3.05, 3.63) is 73.2 Å². The van der Waals surface area contributed by atoms with Crippen molar-refractivity contribution in [2.45, 2.75) is 6.54 Å². The molecule has 0 amide bonds. The van der Waals surface area contributed by atoms with Gasteiger partial charge in [-0.25, -0.2) is 14.2 Å². The molecular formula is C14H9ClFN3O2S. The van der Waals surface area contributed by atoms with Crippen molar-refractivity contribution in [2.24, 2.45) is 0 Å².